The summed E-state index contributed by atoms with van der Waals surface area (Å²) in [5.41, 5.74) is -0.407. The van der Waals surface area contributed by atoms with Crippen LogP contribution in [0.5, 0.6) is 0 Å². The summed E-state index contributed by atoms with van der Waals surface area (Å²) in [6.45, 7) is 6.31. The van der Waals surface area contributed by atoms with Crippen molar-refractivity contribution in [2.45, 2.75) is 51.3 Å². The molecule has 0 spiro atoms. The van der Waals surface area contributed by atoms with Crippen molar-refractivity contribution < 1.29 is 9.53 Å². The Morgan fingerprint density at radius 1 is 1.47 bits per heavy atom. The van der Waals surface area contributed by atoms with Crippen LogP contribution in [0.3, 0.4) is 0 Å². The molecule has 3 fully saturated rings. The zero-order valence-electron chi connectivity index (χ0n) is 9.67. The maximum atomic E-state index is 11.4. The second-order valence-electron chi connectivity index (χ2n) is 5.58. The second kappa shape index (κ2) is 3.67. The van der Waals surface area contributed by atoms with E-state index in [0.29, 0.717) is 18.6 Å². The highest BCUT2D eigenvalue weighted by atomic mass is 16.6. The predicted molar refractivity (Wildman–Crippen MR) is 57.7 cm³/mol. The molecular formula is C11H20N2O2. The van der Waals surface area contributed by atoms with Crippen molar-refractivity contribution in [3.8, 4) is 0 Å². The summed E-state index contributed by atoms with van der Waals surface area (Å²) in [6.07, 6.45) is 2.25. The van der Waals surface area contributed by atoms with Gasteiger partial charge in [0.2, 0.25) is 0 Å². The molecule has 2 heterocycles. The minimum Gasteiger partial charge on any atom is -0.444 e. The molecule has 2 aliphatic heterocycles. The smallest absolute Gasteiger partial charge is 0.407 e. The Bertz CT molecular complexity index is 254. The zero-order chi connectivity index (χ0) is 11.1. The van der Waals surface area contributed by atoms with Gasteiger partial charge in [0.1, 0.15) is 5.60 Å². The van der Waals surface area contributed by atoms with E-state index in [1.807, 2.05) is 20.8 Å². The molecule has 15 heavy (non-hydrogen) atoms. The summed E-state index contributed by atoms with van der Waals surface area (Å²) in [6, 6.07) is 1.17. The molecule has 86 valence electrons. The van der Waals surface area contributed by atoms with Gasteiger partial charge in [-0.15, -0.1) is 0 Å². The minimum atomic E-state index is -0.407. The summed E-state index contributed by atoms with van der Waals surface area (Å²) in [7, 11) is 0. The minimum absolute atomic E-state index is 0.312. The molecule has 2 saturated heterocycles. The molecule has 0 radical (unpaired) electrons. The molecule has 2 bridgehead atoms. The number of amides is 1. The second-order valence-corrected chi connectivity index (χ2v) is 5.58. The number of carbonyl (C=O) groups is 1. The first-order chi connectivity index (χ1) is 6.94. The van der Waals surface area contributed by atoms with E-state index < -0.39 is 5.60 Å². The Balaban J connectivity index is 1.67. The Labute approximate surface area is 90.8 Å². The average molecular weight is 212 g/mol. The van der Waals surface area contributed by atoms with E-state index in [4.69, 9.17) is 4.74 Å². The first kappa shape index (κ1) is 10.7. The quantitative estimate of drug-likeness (QED) is 0.724. The van der Waals surface area contributed by atoms with Gasteiger partial charge in [-0.05, 0) is 39.5 Å². The predicted octanol–water partition coefficient (Wildman–Crippen LogP) is 1.26. The van der Waals surface area contributed by atoms with Crippen molar-refractivity contribution in [3.63, 3.8) is 0 Å². The van der Waals surface area contributed by atoms with Gasteiger partial charge < -0.3 is 15.4 Å². The Kier molecular flexibility index (Phi) is 2.63. The number of nitrogens with one attached hydrogen (secondary N) is 2. The lowest BCUT2D eigenvalue weighted by Gasteiger charge is -2.23. The third-order valence-electron chi connectivity index (χ3n) is 3.06. The van der Waals surface area contributed by atoms with Crippen LogP contribution in [0.25, 0.3) is 0 Å². The third-order valence-corrected chi connectivity index (χ3v) is 3.06. The van der Waals surface area contributed by atoms with Crippen LogP contribution < -0.4 is 10.6 Å². The summed E-state index contributed by atoms with van der Waals surface area (Å²) in [5.74, 6) is 0.768. The Hall–Kier alpha value is -0.770. The zero-order valence-corrected chi connectivity index (χ0v) is 9.67. The first-order valence-electron chi connectivity index (χ1n) is 5.67. The van der Waals surface area contributed by atoms with Gasteiger partial charge in [-0.25, -0.2) is 4.79 Å². The van der Waals surface area contributed by atoms with Crippen molar-refractivity contribution >= 4 is 6.09 Å². The van der Waals surface area contributed by atoms with E-state index >= 15 is 0 Å². The van der Waals surface area contributed by atoms with Crippen LogP contribution in [-0.2, 0) is 4.74 Å². The number of hydrogen-bond donors (Lipinski definition) is 2. The summed E-state index contributed by atoms with van der Waals surface area (Å²) >= 11 is 0. The van der Waals surface area contributed by atoms with Gasteiger partial charge in [0.25, 0.3) is 0 Å². The number of carbonyl (C=O) groups excluding carboxylic acids is 1. The normalized spacial score (nSPS) is 33.4. The number of fused-ring (bicyclic) bond motifs is 1. The van der Waals surface area contributed by atoms with Crippen molar-refractivity contribution in [1.82, 2.24) is 10.6 Å². The van der Waals surface area contributed by atoms with Crippen LogP contribution in [0.2, 0.25) is 0 Å². The van der Waals surface area contributed by atoms with Crippen LogP contribution in [0.15, 0.2) is 0 Å². The lowest BCUT2D eigenvalue weighted by Crippen LogP contribution is -2.40. The molecule has 1 amide bonds. The van der Waals surface area contributed by atoms with E-state index in [2.05, 4.69) is 10.6 Å². The number of alkyl carbamates (subject to hydrolysis) is 1. The molecule has 4 heteroatoms. The molecule has 1 saturated carbocycles. The van der Waals surface area contributed by atoms with Gasteiger partial charge in [0.15, 0.2) is 0 Å². The summed E-state index contributed by atoms with van der Waals surface area (Å²) in [5, 5.41) is 6.29. The molecule has 3 aliphatic rings. The highest BCUT2D eigenvalue weighted by Crippen LogP contribution is 2.37. The van der Waals surface area contributed by atoms with E-state index in [-0.39, 0.29) is 6.09 Å². The molecule has 4 nitrogen and oxygen atoms in total. The summed E-state index contributed by atoms with van der Waals surface area (Å²) in [4.78, 5) is 11.4. The average Bonchev–Trinajstić information content (AvgIpc) is 2.52. The number of hydrogen-bond acceptors (Lipinski definition) is 3. The highest BCUT2D eigenvalue weighted by Gasteiger charge is 2.43. The lowest BCUT2D eigenvalue weighted by atomic mass is 9.83. The summed E-state index contributed by atoms with van der Waals surface area (Å²) < 4.78 is 5.17. The van der Waals surface area contributed by atoms with Crippen molar-refractivity contribution in [1.29, 1.82) is 0 Å². The maximum absolute atomic E-state index is 11.4. The fourth-order valence-corrected chi connectivity index (χ4v) is 2.30. The molecule has 1 atom stereocenters. The molecular weight excluding hydrogens is 192 g/mol. The lowest BCUT2D eigenvalue weighted by molar-refractivity contribution is 0.0522. The van der Waals surface area contributed by atoms with E-state index in [1.165, 1.54) is 12.8 Å². The fraction of sp³-hybridized carbons (Fsp3) is 0.909. The largest absolute Gasteiger partial charge is 0.444 e. The van der Waals surface area contributed by atoms with Crippen molar-refractivity contribution in [2.75, 3.05) is 6.54 Å². The third kappa shape index (κ3) is 2.62. The van der Waals surface area contributed by atoms with E-state index in [0.717, 1.165) is 5.92 Å². The van der Waals surface area contributed by atoms with Crippen LogP contribution in [-0.4, -0.2) is 30.3 Å². The van der Waals surface area contributed by atoms with Gasteiger partial charge in [0, 0.05) is 18.6 Å². The molecule has 0 aromatic heterocycles. The van der Waals surface area contributed by atoms with Gasteiger partial charge >= 0.3 is 6.09 Å². The Morgan fingerprint density at radius 3 is 2.60 bits per heavy atom. The fourth-order valence-electron chi connectivity index (χ4n) is 2.30. The van der Waals surface area contributed by atoms with Gasteiger partial charge in [-0.1, -0.05) is 0 Å². The van der Waals surface area contributed by atoms with E-state index in [1.54, 1.807) is 0 Å². The van der Waals surface area contributed by atoms with Gasteiger partial charge in [-0.3, -0.25) is 0 Å². The van der Waals surface area contributed by atoms with E-state index in [9.17, 15) is 4.79 Å². The van der Waals surface area contributed by atoms with Gasteiger partial charge in [0.05, 0.1) is 0 Å². The monoisotopic (exact) mass is 212 g/mol. The standard InChI is InChI=1S/C11H20N2O2/c1-11(2,3)15-10(14)12-6-9-7-4-8(5-7)13-9/h7-9,13H,4-6H2,1-3H3,(H,12,14). The van der Waals surface area contributed by atoms with Crippen molar-refractivity contribution in [3.05, 3.63) is 0 Å². The topological polar surface area (TPSA) is 50.4 Å². The van der Waals surface area contributed by atoms with Crippen LogP contribution in [0, 0.1) is 5.92 Å². The van der Waals surface area contributed by atoms with Crippen molar-refractivity contribution in [2.24, 2.45) is 5.92 Å². The SMILES string of the molecule is CC(C)(C)OC(=O)NCC1NC2CC1C2. The van der Waals surface area contributed by atoms with Gasteiger partial charge in [-0.2, -0.15) is 0 Å². The van der Waals surface area contributed by atoms with Crippen LogP contribution >= 0.6 is 0 Å². The molecule has 0 aromatic rings. The number of ether oxygens (including phenoxy) is 1. The first-order valence-corrected chi connectivity index (χ1v) is 5.67. The molecule has 1 aliphatic carbocycles. The van der Waals surface area contributed by atoms with Crippen LogP contribution in [0.1, 0.15) is 33.6 Å². The molecule has 2 N–H and O–H groups in total. The highest BCUT2D eigenvalue weighted by molar-refractivity contribution is 5.67. The Morgan fingerprint density at radius 2 is 2.13 bits per heavy atom. The van der Waals surface area contributed by atoms with Crippen LogP contribution in [0.4, 0.5) is 4.79 Å². The number of rotatable bonds is 2. The molecule has 1 unspecified atom stereocenters. The molecule has 0 aromatic carbocycles. The maximum Gasteiger partial charge on any atom is 0.407 e. The molecule has 3 rings (SSSR count).